The van der Waals surface area contributed by atoms with E-state index < -0.39 is 11.4 Å². The van der Waals surface area contributed by atoms with E-state index in [0.29, 0.717) is 0 Å². The van der Waals surface area contributed by atoms with E-state index in [-0.39, 0.29) is 0 Å². The number of benzene rings is 1. The van der Waals surface area contributed by atoms with Crippen molar-refractivity contribution in [1.82, 2.24) is 0 Å². The van der Waals surface area contributed by atoms with Crippen molar-refractivity contribution in [2.45, 2.75) is 51.4 Å². The highest BCUT2D eigenvalue weighted by atomic mass is 16.4. The predicted molar refractivity (Wildman–Crippen MR) is 68.3 cm³/mol. The van der Waals surface area contributed by atoms with Gasteiger partial charge in [0.1, 0.15) is 0 Å². The smallest absolute Gasteiger partial charge is 0.314 e. The minimum atomic E-state index is -0.652. The molecule has 0 unspecified atom stereocenters. The van der Waals surface area contributed by atoms with Crippen LogP contribution in [0.4, 0.5) is 0 Å². The highest BCUT2D eigenvalue weighted by molar-refractivity contribution is 5.82. The molecule has 0 aliphatic heterocycles. The van der Waals surface area contributed by atoms with Crippen molar-refractivity contribution in [3.05, 3.63) is 34.9 Å². The molecule has 2 rings (SSSR count). The number of carbonyl (C=O) groups is 1. The van der Waals surface area contributed by atoms with E-state index in [4.69, 9.17) is 0 Å². The van der Waals surface area contributed by atoms with Gasteiger partial charge in [0.15, 0.2) is 0 Å². The predicted octanol–water partition coefficient (Wildman–Crippen LogP) is 3.45. The lowest BCUT2D eigenvalue weighted by molar-refractivity contribution is -0.143. The van der Waals surface area contributed by atoms with E-state index in [1.165, 1.54) is 11.1 Å². The van der Waals surface area contributed by atoms with Crippen molar-refractivity contribution in [3.8, 4) is 0 Å². The zero-order valence-electron chi connectivity index (χ0n) is 10.6. The fourth-order valence-corrected chi connectivity index (χ4v) is 2.95. The van der Waals surface area contributed by atoms with Gasteiger partial charge in [0.05, 0.1) is 5.41 Å². The van der Waals surface area contributed by atoms with Crippen LogP contribution in [0.3, 0.4) is 0 Å². The van der Waals surface area contributed by atoms with Gasteiger partial charge >= 0.3 is 5.97 Å². The molecule has 2 nitrogen and oxygen atoms in total. The van der Waals surface area contributed by atoms with E-state index in [2.05, 4.69) is 26.0 Å². The molecule has 1 fully saturated rings. The van der Waals surface area contributed by atoms with E-state index in [0.717, 1.165) is 37.7 Å². The fraction of sp³-hybridized carbons (Fsp3) is 0.533. The maximum absolute atomic E-state index is 11.6. The van der Waals surface area contributed by atoms with Crippen LogP contribution in [0.5, 0.6) is 0 Å². The summed E-state index contributed by atoms with van der Waals surface area (Å²) in [7, 11) is 0. The van der Waals surface area contributed by atoms with Crippen LogP contribution in [0.15, 0.2) is 18.2 Å². The number of hydrogen-bond donors (Lipinski definition) is 1. The molecular formula is C15H20O2. The van der Waals surface area contributed by atoms with Gasteiger partial charge in [-0.25, -0.2) is 0 Å². The lowest BCUT2D eigenvalue weighted by Crippen LogP contribution is -2.32. The molecule has 1 aliphatic carbocycles. The van der Waals surface area contributed by atoms with Gasteiger partial charge in [-0.15, -0.1) is 0 Å². The summed E-state index contributed by atoms with van der Waals surface area (Å²) in [5, 5.41) is 9.55. The molecule has 0 radical (unpaired) electrons. The molecule has 1 N–H and O–H groups in total. The van der Waals surface area contributed by atoms with E-state index in [9.17, 15) is 9.90 Å². The van der Waals surface area contributed by atoms with Gasteiger partial charge in [-0.1, -0.05) is 38.0 Å². The molecule has 0 spiro atoms. The van der Waals surface area contributed by atoms with Crippen molar-refractivity contribution in [1.29, 1.82) is 0 Å². The minimum absolute atomic E-state index is 0.613. The van der Waals surface area contributed by atoms with Crippen LogP contribution in [0.25, 0.3) is 0 Å². The maximum Gasteiger partial charge on any atom is 0.314 e. The van der Waals surface area contributed by atoms with Crippen LogP contribution in [-0.4, -0.2) is 11.1 Å². The lowest BCUT2D eigenvalue weighted by atomic mass is 9.78. The van der Waals surface area contributed by atoms with Gasteiger partial charge < -0.3 is 5.11 Å². The number of aliphatic carboxylic acids is 1. The van der Waals surface area contributed by atoms with Gasteiger partial charge in [0.2, 0.25) is 0 Å². The SMILES string of the molecule is CCc1cc(C2(C(=O)O)CCCC2)ccc1C. The average molecular weight is 232 g/mol. The van der Waals surface area contributed by atoms with E-state index in [1.807, 2.05) is 6.07 Å². The first-order valence-corrected chi connectivity index (χ1v) is 6.43. The molecule has 2 heteroatoms. The van der Waals surface area contributed by atoms with Crippen LogP contribution in [0, 0.1) is 6.92 Å². The standard InChI is InChI=1S/C15H20O2/c1-3-12-10-13(7-6-11(12)2)15(14(16)17)8-4-5-9-15/h6-7,10H,3-5,8-9H2,1-2H3,(H,16,17). The van der Waals surface area contributed by atoms with E-state index in [1.54, 1.807) is 0 Å². The third-order valence-corrected chi connectivity index (χ3v) is 4.15. The zero-order valence-corrected chi connectivity index (χ0v) is 10.6. The normalized spacial score (nSPS) is 18.2. The van der Waals surface area contributed by atoms with Crippen molar-refractivity contribution in [2.24, 2.45) is 0 Å². The Morgan fingerprint density at radius 1 is 1.35 bits per heavy atom. The largest absolute Gasteiger partial charge is 0.481 e. The molecule has 1 aromatic carbocycles. The molecule has 0 atom stereocenters. The van der Waals surface area contributed by atoms with Gasteiger partial charge in [0, 0.05) is 0 Å². The number of carboxylic acids is 1. The quantitative estimate of drug-likeness (QED) is 0.866. The van der Waals surface area contributed by atoms with Crippen molar-refractivity contribution < 1.29 is 9.90 Å². The monoisotopic (exact) mass is 232 g/mol. The molecule has 0 amide bonds. The second-order valence-corrected chi connectivity index (χ2v) is 5.09. The molecule has 1 aromatic rings. The molecule has 1 aliphatic rings. The Labute approximate surface area is 103 Å². The first-order valence-electron chi connectivity index (χ1n) is 6.43. The second-order valence-electron chi connectivity index (χ2n) is 5.09. The highest BCUT2D eigenvalue weighted by Crippen LogP contribution is 2.41. The number of carboxylic acid groups (broad SMARTS) is 1. The summed E-state index contributed by atoms with van der Waals surface area (Å²) >= 11 is 0. The van der Waals surface area contributed by atoms with Gasteiger partial charge in [0.25, 0.3) is 0 Å². The Morgan fingerprint density at radius 3 is 2.53 bits per heavy atom. The topological polar surface area (TPSA) is 37.3 Å². The first kappa shape index (κ1) is 12.2. The zero-order chi connectivity index (χ0) is 12.5. The third kappa shape index (κ3) is 1.97. The summed E-state index contributed by atoms with van der Waals surface area (Å²) in [4.78, 5) is 11.6. The van der Waals surface area contributed by atoms with Gasteiger partial charge in [-0.05, 0) is 42.9 Å². The lowest BCUT2D eigenvalue weighted by Gasteiger charge is -2.25. The maximum atomic E-state index is 11.6. The number of rotatable bonds is 3. The Balaban J connectivity index is 2.47. The summed E-state index contributed by atoms with van der Waals surface area (Å²) in [6.45, 7) is 4.21. The minimum Gasteiger partial charge on any atom is -0.481 e. The molecule has 1 saturated carbocycles. The molecular weight excluding hydrogens is 212 g/mol. The van der Waals surface area contributed by atoms with Crippen molar-refractivity contribution in [2.75, 3.05) is 0 Å². The molecule has 92 valence electrons. The summed E-state index contributed by atoms with van der Waals surface area (Å²) < 4.78 is 0. The van der Waals surface area contributed by atoms with Crippen LogP contribution in [0.2, 0.25) is 0 Å². The van der Waals surface area contributed by atoms with Gasteiger partial charge in [-0.2, -0.15) is 0 Å². The highest BCUT2D eigenvalue weighted by Gasteiger charge is 2.42. The Morgan fingerprint density at radius 2 is 2.00 bits per heavy atom. The third-order valence-electron chi connectivity index (χ3n) is 4.15. The molecule has 0 bridgehead atoms. The van der Waals surface area contributed by atoms with Crippen LogP contribution in [-0.2, 0) is 16.6 Å². The molecule has 0 heterocycles. The van der Waals surface area contributed by atoms with Crippen molar-refractivity contribution >= 4 is 5.97 Å². The number of hydrogen-bond acceptors (Lipinski definition) is 1. The molecule has 0 saturated heterocycles. The first-order chi connectivity index (χ1) is 8.10. The summed E-state index contributed by atoms with van der Waals surface area (Å²) in [6.07, 6.45) is 4.60. The number of aryl methyl sites for hydroxylation is 2. The Bertz CT molecular complexity index is 429. The Kier molecular flexibility index (Phi) is 3.23. The van der Waals surface area contributed by atoms with Gasteiger partial charge in [-0.3, -0.25) is 4.79 Å². The fourth-order valence-electron chi connectivity index (χ4n) is 2.95. The summed E-state index contributed by atoms with van der Waals surface area (Å²) in [5.41, 5.74) is 2.92. The molecule has 0 aromatic heterocycles. The van der Waals surface area contributed by atoms with Crippen molar-refractivity contribution in [3.63, 3.8) is 0 Å². The average Bonchev–Trinajstić information content (AvgIpc) is 2.80. The summed E-state index contributed by atoms with van der Waals surface area (Å²) in [5.74, 6) is -0.652. The summed E-state index contributed by atoms with van der Waals surface area (Å²) in [6, 6.07) is 6.18. The Hall–Kier alpha value is -1.31. The van der Waals surface area contributed by atoms with Crippen LogP contribution in [0.1, 0.15) is 49.3 Å². The molecule has 17 heavy (non-hydrogen) atoms. The van der Waals surface area contributed by atoms with E-state index >= 15 is 0 Å². The second kappa shape index (κ2) is 4.52. The van der Waals surface area contributed by atoms with Crippen LogP contribution >= 0.6 is 0 Å². The van der Waals surface area contributed by atoms with Crippen LogP contribution < -0.4 is 0 Å².